The number of aliphatic hydroxyl groups excluding tert-OH is 3. The third-order valence-electron chi connectivity index (χ3n) is 5.09. The molecular weight excluding hydrogens is 461 g/mol. The van der Waals surface area contributed by atoms with Gasteiger partial charge in [-0.1, -0.05) is 12.1 Å². The molecule has 27 heavy (non-hydrogen) atoms. The number of aryl methyl sites for hydroxylation is 2. The summed E-state index contributed by atoms with van der Waals surface area (Å²) in [7, 11) is 0. The van der Waals surface area contributed by atoms with Gasteiger partial charge in [0.1, 0.15) is 36.4 Å². The molecule has 1 aromatic carbocycles. The van der Waals surface area contributed by atoms with Crippen molar-refractivity contribution < 1.29 is 20.1 Å². The lowest BCUT2D eigenvalue weighted by Crippen LogP contribution is -2.34. The van der Waals surface area contributed by atoms with Crippen LogP contribution in [0.1, 0.15) is 29.2 Å². The summed E-state index contributed by atoms with van der Waals surface area (Å²) < 4.78 is 8.67. The van der Waals surface area contributed by atoms with E-state index in [-0.39, 0.29) is 0 Å². The topological polar surface area (TPSA) is 101 Å². The molecule has 0 radical (unpaired) electrons. The predicted molar refractivity (Wildman–Crippen MR) is 107 cm³/mol. The molecule has 1 aliphatic heterocycles. The molecule has 1 saturated heterocycles. The van der Waals surface area contributed by atoms with Gasteiger partial charge in [-0.15, -0.1) is 0 Å². The molecule has 0 saturated carbocycles. The van der Waals surface area contributed by atoms with Crippen LogP contribution < -0.4 is 0 Å². The zero-order valence-corrected chi connectivity index (χ0v) is 17.0. The van der Waals surface area contributed by atoms with Gasteiger partial charge in [0.25, 0.3) is 0 Å². The Bertz CT molecular complexity index is 992. The first kappa shape index (κ1) is 18.8. The quantitative estimate of drug-likeness (QED) is 0.495. The molecule has 0 amide bonds. The molecule has 0 aliphatic carbocycles. The number of hydrogen-bond acceptors (Lipinski definition) is 6. The summed E-state index contributed by atoms with van der Waals surface area (Å²) in [5.41, 5.74) is 3.09. The van der Waals surface area contributed by atoms with Crippen molar-refractivity contribution in [3.05, 3.63) is 57.2 Å². The minimum atomic E-state index is -1.23. The summed E-state index contributed by atoms with van der Waals surface area (Å²) in [5, 5.41) is 32.7. The van der Waals surface area contributed by atoms with E-state index in [0.29, 0.717) is 11.2 Å². The summed E-state index contributed by atoms with van der Waals surface area (Å²) in [6.07, 6.45) is -2.09. The van der Waals surface area contributed by atoms with Crippen LogP contribution in [0.2, 0.25) is 0 Å². The normalized spacial score (nSPS) is 26.6. The zero-order valence-electron chi connectivity index (χ0n) is 14.8. The summed E-state index contributed by atoms with van der Waals surface area (Å²) >= 11 is 2.22. The van der Waals surface area contributed by atoms with Crippen LogP contribution in [0, 0.1) is 17.4 Å². The highest BCUT2D eigenvalue weighted by atomic mass is 127. The van der Waals surface area contributed by atoms with Crippen molar-refractivity contribution in [1.29, 1.82) is 0 Å². The maximum atomic E-state index is 10.8. The van der Waals surface area contributed by atoms with E-state index in [1.807, 2.05) is 32.0 Å². The van der Waals surface area contributed by atoms with Crippen molar-refractivity contribution in [2.45, 2.75) is 44.5 Å². The van der Waals surface area contributed by atoms with Crippen LogP contribution in [-0.2, 0) is 4.74 Å². The number of ether oxygens (including phenoxy) is 1. The van der Waals surface area contributed by atoms with Gasteiger partial charge in [-0.05, 0) is 59.7 Å². The van der Waals surface area contributed by atoms with Crippen molar-refractivity contribution in [2.24, 2.45) is 0 Å². The number of halogens is 1. The van der Waals surface area contributed by atoms with E-state index in [4.69, 9.17) is 4.74 Å². The molecule has 5 atom stereocenters. The van der Waals surface area contributed by atoms with Gasteiger partial charge in [0.05, 0.1) is 5.69 Å². The Hall–Kier alpha value is -1.59. The van der Waals surface area contributed by atoms with Crippen LogP contribution in [0.15, 0.2) is 36.8 Å². The summed E-state index contributed by atoms with van der Waals surface area (Å²) in [6, 6.07) is 7.42. The number of fused-ring (bicyclic) bond motifs is 1. The molecule has 0 bridgehead atoms. The summed E-state index contributed by atoms with van der Waals surface area (Å²) in [4.78, 5) is 8.43. The van der Waals surface area contributed by atoms with Crippen molar-refractivity contribution in [3.8, 4) is 0 Å². The van der Waals surface area contributed by atoms with Gasteiger partial charge in [-0.3, -0.25) is 0 Å². The van der Waals surface area contributed by atoms with Crippen LogP contribution in [-0.4, -0.2) is 48.2 Å². The van der Waals surface area contributed by atoms with E-state index in [2.05, 4.69) is 32.6 Å². The molecule has 3 N–H and O–H groups in total. The fourth-order valence-electron chi connectivity index (χ4n) is 3.52. The number of hydrogen-bond donors (Lipinski definition) is 3. The van der Waals surface area contributed by atoms with Gasteiger partial charge in [0.15, 0.2) is 6.23 Å². The molecule has 8 heteroatoms. The highest BCUT2D eigenvalue weighted by Gasteiger charge is 2.47. The van der Waals surface area contributed by atoms with Gasteiger partial charge in [0, 0.05) is 15.2 Å². The van der Waals surface area contributed by atoms with Crippen LogP contribution in [0.5, 0.6) is 0 Å². The lowest BCUT2D eigenvalue weighted by molar-refractivity contribution is -0.0848. The molecular formula is C19H20IN3O4. The Morgan fingerprint density at radius 2 is 1.93 bits per heavy atom. The molecule has 1 aliphatic rings. The third kappa shape index (κ3) is 3.15. The largest absolute Gasteiger partial charge is 0.387 e. The molecule has 0 spiro atoms. The van der Waals surface area contributed by atoms with E-state index in [9.17, 15) is 15.3 Å². The van der Waals surface area contributed by atoms with Crippen LogP contribution in [0.4, 0.5) is 0 Å². The zero-order chi connectivity index (χ0) is 19.3. The maximum Gasteiger partial charge on any atom is 0.164 e. The van der Waals surface area contributed by atoms with Gasteiger partial charge >= 0.3 is 0 Å². The van der Waals surface area contributed by atoms with E-state index >= 15 is 0 Å². The third-order valence-corrected chi connectivity index (χ3v) is 6.30. The highest BCUT2D eigenvalue weighted by molar-refractivity contribution is 14.1. The van der Waals surface area contributed by atoms with Gasteiger partial charge in [-0.2, -0.15) is 0 Å². The van der Waals surface area contributed by atoms with Gasteiger partial charge < -0.3 is 24.6 Å². The van der Waals surface area contributed by atoms with E-state index in [1.54, 1.807) is 16.8 Å². The predicted octanol–water partition coefficient (Wildman–Crippen LogP) is 2.01. The molecule has 0 unspecified atom stereocenters. The summed E-state index contributed by atoms with van der Waals surface area (Å²) in [6.45, 7) is 3.83. The van der Waals surface area contributed by atoms with Crippen LogP contribution >= 0.6 is 22.6 Å². The monoisotopic (exact) mass is 481 g/mol. The van der Waals surface area contributed by atoms with Gasteiger partial charge in [-0.25, -0.2) is 9.97 Å². The highest BCUT2D eigenvalue weighted by Crippen LogP contribution is 2.37. The first-order valence-corrected chi connectivity index (χ1v) is 9.70. The molecule has 2 aromatic heterocycles. The number of benzene rings is 1. The van der Waals surface area contributed by atoms with Crippen LogP contribution in [0.3, 0.4) is 0 Å². The first-order chi connectivity index (χ1) is 12.9. The van der Waals surface area contributed by atoms with Crippen molar-refractivity contribution in [3.63, 3.8) is 0 Å². The Balaban J connectivity index is 1.66. The van der Waals surface area contributed by atoms with E-state index < -0.39 is 30.6 Å². The number of aromatic nitrogens is 3. The second-order valence-corrected chi connectivity index (χ2v) is 8.01. The molecule has 142 valence electrons. The standard InChI is InChI=1S/C19H20IN3O4/c1-9-7-11(3-4-13(9)20)14(24)17-15(25)16(26)19(27-17)23-6-5-12-10(2)21-8-22-18(12)23/h3-8,14-17,19,24-26H,1-2H3/t14-,15+,16-,17-,19-/m1/s1. The van der Waals surface area contributed by atoms with E-state index in [1.165, 1.54) is 6.33 Å². The van der Waals surface area contributed by atoms with Gasteiger partial charge in [0.2, 0.25) is 0 Å². The molecule has 4 rings (SSSR count). The van der Waals surface area contributed by atoms with Crippen molar-refractivity contribution >= 4 is 33.6 Å². The Labute approximate surface area is 169 Å². The van der Waals surface area contributed by atoms with Crippen molar-refractivity contribution in [2.75, 3.05) is 0 Å². The Morgan fingerprint density at radius 1 is 1.15 bits per heavy atom. The fourth-order valence-corrected chi connectivity index (χ4v) is 3.86. The molecule has 1 fully saturated rings. The van der Waals surface area contributed by atoms with E-state index in [0.717, 1.165) is 20.2 Å². The second kappa shape index (κ2) is 7.10. The lowest BCUT2D eigenvalue weighted by Gasteiger charge is -2.22. The number of aliphatic hydroxyl groups is 3. The average Bonchev–Trinajstić information content (AvgIpc) is 3.20. The Morgan fingerprint density at radius 3 is 2.67 bits per heavy atom. The minimum Gasteiger partial charge on any atom is -0.387 e. The average molecular weight is 481 g/mol. The Kier molecular flexibility index (Phi) is 4.93. The summed E-state index contributed by atoms with van der Waals surface area (Å²) in [5.74, 6) is 0. The van der Waals surface area contributed by atoms with Crippen molar-refractivity contribution in [1.82, 2.24) is 14.5 Å². The SMILES string of the molecule is Cc1cc([C@@H](O)[C@H]2O[C@@H](n3ccc4c(C)ncnc43)[C@H](O)[C@@H]2O)ccc1I. The molecule has 3 aromatic rings. The number of rotatable bonds is 3. The first-order valence-electron chi connectivity index (χ1n) is 8.62. The minimum absolute atomic E-state index is 0.610. The second-order valence-electron chi connectivity index (χ2n) is 6.85. The lowest BCUT2D eigenvalue weighted by atomic mass is 9.98. The molecule has 3 heterocycles. The van der Waals surface area contributed by atoms with Crippen LogP contribution in [0.25, 0.3) is 11.0 Å². The fraction of sp³-hybridized carbons (Fsp3) is 0.368. The smallest absolute Gasteiger partial charge is 0.164 e. The number of nitrogens with zero attached hydrogens (tertiary/aromatic N) is 3. The maximum absolute atomic E-state index is 10.8. The molecule has 7 nitrogen and oxygen atoms in total.